The summed E-state index contributed by atoms with van der Waals surface area (Å²) in [4.78, 5) is 12.5. The average molecular weight is 296 g/mol. The van der Waals surface area contributed by atoms with Gasteiger partial charge in [0.2, 0.25) is 0 Å². The van der Waals surface area contributed by atoms with Crippen LogP contribution in [0.3, 0.4) is 0 Å². The van der Waals surface area contributed by atoms with Crippen LogP contribution in [0, 0.1) is 11.3 Å². The highest BCUT2D eigenvalue weighted by atomic mass is 32.1. The van der Waals surface area contributed by atoms with Gasteiger partial charge in [0, 0.05) is 12.7 Å². The van der Waals surface area contributed by atoms with Gasteiger partial charge in [-0.1, -0.05) is 20.8 Å². The summed E-state index contributed by atoms with van der Waals surface area (Å²) in [5.41, 5.74) is -0.449. The normalized spacial score (nSPS) is 27.3. The second-order valence-corrected chi connectivity index (χ2v) is 7.76. The van der Waals surface area contributed by atoms with Crippen LogP contribution in [0.5, 0.6) is 0 Å². The van der Waals surface area contributed by atoms with E-state index in [1.165, 1.54) is 11.5 Å². The van der Waals surface area contributed by atoms with Crippen LogP contribution in [0.4, 0.5) is 0 Å². The first-order valence-corrected chi connectivity index (χ1v) is 7.99. The third-order valence-corrected chi connectivity index (χ3v) is 5.13. The van der Waals surface area contributed by atoms with E-state index in [1.54, 1.807) is 12.3 Å². The standard InChI is InChI=1S/C15H24N2O2S/c1-14(2,3)11-4-7-15(19,8-5-11)10-16-13(18)12-6-9-17-20-12/h6,9,11,19H,4-5,7-8,10H2,1-3H3,(H,16,18). The molecule has 0 radical (unpaired) electrons. The summed E-state index contributed by atoms with van der Waals surface area (Å²) in [6.07, 6.45) is 5.19. The van der Waals surface area contributed by atoms with Crippen LogP contribution in [0.15, 0.2) is 12.3 Å². The van der Waals surface area contributed by atoms with Crippen molar-refractivity contribution in [1.82, 2.24) is 9.69 Å². The number of hydrogen-bond donors (Lipinski definition) is 2. The minimum Gasteiger partial charge on any atom is -0.388 e. The summed E-state index contributed by atoms with van der Waals surface area (Å²) in [6.45, 7) is 7.11. The molecule has 0 bridgehead atoms. The lowest BCUT2D eigenvalue weighted by atomic mass is 9.68. The Morgan fingerprint density at radius 2 is 2.15 bits per heavy atom. The van der Waals surface area contributed by atoms with Gasteiger partial charge in [-0.05, 0) is 54.6 Å². The topological polar surface area (TPSA) is 62.2 Å². The first-order valence-electron chi connectivity index (χ1n) is 7.21. The average Bonchev–Trinajstić information content (AvgIpc) is 2.89. The van der Waals surface area contributed by atoms with Gasteiger partial charge in [-0.2, -0.15) is 0 Å². The highest BCUT2D eigenvalue weighted by Crippen LogP contribution is 2.41. The van der Waals surface area contributed by atoms with Crippen LogP contribution >= 0.6 is 11.5 Å². The van der Waals surface area contributed by atoms with E-state index < -0.39 is 5.60 Å². The molecule has 1 aliphatic rings. The molecule has 5 heteroatoms. The fraction of sp³-hybridized carbons (Fsp3) is 0.733. The second-order valence-electron chi connectivity index (χ2n) is 6.92. The van der Waals surface area contributed by atoms with E-state index in [0.717, 1.165) is 25.7 Å². The number of rotatable bonds is 3. The number of hydrogen-bond acceptors (Lipinski definition) is 4. The molecule has 0 aliphatic heterocycles. The van der Waals surface area contributed by atoms with Gasteiger partial charge in [0.1, 0.15) is 4.88 Å². The van der Waals surface area contributed by atoms with Crippen molar-refractivity contribution >= 4 is 17.4 Å². The minimum absolute atomic E-state index is 0.140. The van der Waals surface area contributed by atoms with Gasteiger partial charge in [-0.15, -0.1) is 0 Å². The maximum Gasteiger partial charge on any atom is 0.263 e. The summed E-state index contributed by atoms with van der Waals surface area (Å²) < 4.78 is 3.91. The predicted molar refractivity (Wildman–Crippen MR) is 80.8 cm³/mol. The van der Waals surface area contributed by atoms with E-state index in [9.17, 15) is 9.90 Å². The molecule has 4 nitrogen and oxygen atoms in total. The molecule has 1 aromatic heterocycles. The molecule has 0 saturated heterocycles. The fourth-order valence-electron chi connectivity index (χ4n) is 2.86. The smallest absolute Gasteiger partial charge is 0.263 e. The Hall–Kier alpha value is -0.940. The van der Waals surface area contributed by atoms with Gasteiger partial charge in [-0.25, -0.2) is 4.37 Å². The Morgan fingerprint density at radius 1 is 1.50 bits per heavy atom. The lowest BCUT2D eigenvalue weighted by Crippen LogP contribution is -2.46. The van der Waals surface area contributed by atoms with E-state index in [4.69, 9.17) is 0 Å². The predicted octanol–water partition coefficient (Wildman–Crippen LogP) is 2.84. The van der Waals surface area contributed by atoms with Crippen molar-refractivity contribution in [3.63, 3.8) is 0 Å². The van der Waals surface area contributed by atoms with Crippen LogP contribution in [0.2, 0.25) is 0 Å². The summed E-state index contributed by atoms with van der Waals surface area (Å²) in [7, 11) is 0. The Morgan fingerprint density at radius 3 is 2.65 bits per heavy atom. The van der Waals surface area contributed by atoms with Crippen molar-refractivity contribution in [2.24, 2.45) is 11.3 Å². The van der Waals surface area contributed by atoms with Crippen LogP contribution in [0.1, 0.15) is 56.1 Å². The van der Waals surface area contributed by atoms with E-state index in [-0.39, 0.29) is 5.91 Å². The summed E-state index contributed by atoms with van der Waals surface area (Å²) in [5, 5.41) is 13.4. The molecule has 0 atom stereocenters. The Kier molecular flexibility index (Phi) is 4.49. The molecule has 1 aromatic rings. The number of carbonyl (C=O) groups excluding carboxylic acids is 1. The van der Waals surface area contributed by atoms with Crippen LogP contribution in [-0.2, 0) is 0 Å². The van der Waals surface area contributed by atoms with Gasteiger partial charge in [0.05, 0.1) is 5.60 Å². The Balaban J connectivity index is 1.83. The minimum atomic E-state index is -0.748. The summed E-state index contributed by atoms with van der Waals surface area (Å²) in [5.74, 6) is 0.513. The molecule has 1 amide bonds. The van der Waals surface area contributed by atoms with Gasteiger partial charge in [0.15, 0.2) is 0 Å². The number of nitrogens with zero attached hydrogens (tertiary/aromatic N) is 1. The molecule has 0 unspecified atom stereocenters. The molecule has 2 rings (SSSR count). The van der Waals surface area contributed by atoms with Gasteiger partial charge in [0.25, 0.3) is 5.91 Å². The van der Waals surface area contributed by atoms with Gasteiger partial charge >= 0.3 is 0 Å². The number of carbonyl (C=O) groups is 1. The molecule has 1 saturated carbocycles. The molecule has 20 heavy (non-hydrogen) atoms. The largest absolute Gasteiger partial charge is 0.388 e. The fourth-order valence-corrected chi connectivity index (χ4v) is 3.37. The van der Waals surface area contributed by atoms with E-state index in [0.29, 0.717) is 22.8 Å². The van der Waals surface area contributed by atoms with Crippen molar-refractivity contribution in [1.29, 1.82) is 0 Å². The van der Waals surface area contributed by atoms with Crippen molar-refractivity contribution in [3.05, 3.63) is 17.1 Å². The van der Waals surface area contributed by atoms with E-state index in [1.807, 2.05) is 0 Å². The quantitative estimate of drug-likeness (QED) is 0.901. The highest BCUT2D eigenvalue weighted by molar-refractivity contribution is 7.08. The third-order valence-electron chi connectivity index (χ3n) is 4.38. The van der Waals surface area contributed by atoms with E-state index >= 15 is 0 Å². The van der Waals surface area contributed by atoms with Crippen LogP contribution < -0.4 is 5.32 Å². The number of aliphatic hydroxyl groups is 1. The van der Waals surface area contributed by atoms with Gasteiger partial charge in [-0.3, -0.25) is 4.79 Å². The first kappa shape index (κ1) is 15.4. The first-order chi connectivity index (χ1) is 9.30. The van der Waals surface area contributed by atoms with E-state index in [2.05, 4.69) is 30.5 Å². The molecule has 0 spiro atoms. The molecular formula is C15H24N2O2S. The number of nitrogens with one attached hydrogen (secondary N) is 1. The zero-order chi connectivity index (χ0) is 14.8. The number of amides is 1. The lowest BCUT2D eigenvalue weighted by Gasteiger charge is -2.41. The monoisotopic (exact) mass is 296 g/mol. The summed E-state index contributed by atoms with van der Waals surface area (Å²) in [6, 6.07) is 1.69. The van der Waals surface area contributed by atoms with Gasteiger partial charge < -0.3 is 10.4 Å². The van der Waals surface area contributed by atoms with Crippen molar-refractivity contribution in [2.45, 2.75) is 52.1 Å². The molecule has 112 valence electrons. The molecule has 2 N–H and O–H groups in total. The SMILES string of the molecule is CC(C)(C)C1CCC(O)(CNC(=O)c2ccns2)CC1. The maximum absolute atomic E-state index is 11.9. The zero-order valence-electron chi connectivity index (χ0n) is 12.5. The Labute approximate surface area is 124 Å². The lowest BCUT2D eigenvalue weighted by molar-refractivity contribution is -0.0228. The van der Waals surface area contributed by atoms with Crippen molar-refractivity contribution < 1.29 is 9.90 Å². The Bertz CT molecular complexity index is 443. The van der Waals surface area contributed by atoms with Crippen LogP contribution in [-0.4, -0.2) is 27.5 Å². The molecule has 1 aliphatic carbocycles. The van der Waals surface area contributed by atoms with Crippen LogP contribution in [0.25, 0.3) is 0 Å². The molecule has 1 fully saturated rings. The molecule has 0 aromatic carbocycles. The number of aromatic nitrogens is 1. The third kappa shape index (κ3) is 3.79. The molecular weight excluding hydrogens is 272 g/mol. The maximum atomic E-state index is 11.9. The summed E-state index contributed by atoms with van der Waals surface area (Å²) >= 11 is 1.18. The van der Waals surface area contributed by atoms with Crippen molar-refractivity contribution in [3.8, 4) is 0 Å². The molecule has 1 heterocycles. The van der Waals surface area contributed by atoms with Crippen molar-refractivity contribution in [2.75, 3.05) is 6.54 Å². The highest BCUT2D eigenvalue weighted by Gasteiger charge is 2.37. The zero-order valence-corrected chi connectivity index (χ0v) is 13.3. The second kappa shape index (κ2) is 5.82.